The van der Waals surface area contributed by atoms with Crippen LogP contribution >= 0.6 is 38.9 Å². The van der Waals surface area contributed by atoms with Gasteiger partial charge in [-0.3, -0.25) is 9.36 Å². The Bertz CT molecular complexity index is 1420. The fraction of sp³-hybridized carbons (Fsp3) is 0.174. The molecule has 0 spiro atoms. The third kappa shape index (κ3) is 4.18. The van der Waals surface area contributed by atoms with Crippen molar-refractivity contribution in [2.75, 3.05) is 6.61 Å². The Kier molecular flexibility index (Phi) is 6.37. The van der Waals surface area contributed by atoms with E-state index >= 15 is 0 Å². The van der Waals surface area contributed by atoms with E-state index in [2.05, 4.69) is 20.9 Å². The Morgan fingerprint density at radius 3 is 2.69 bits per heavy atom. The predicted octanol–water partition coefficient (Wildman–Crippen LogP) is 3.92. The lowest BCUT2D eigenvalue weighted by molar-refractivity contribution is -0.139. The van der Waals surface area contributed by atoms with Crippen LogP contribution < -0.4 is 14.9 Å². The molecule has 32 heavy (non-hydrogen) atoms. The number of benzene rings is 2. The normalized spacial score (nSPS) is 16.0. The van der Waals surface area contributed by atoms with Crippen molar-refractivity contribution in [1.82, 2.24) is 4.57 Å². The van der Waals surface area contributed by atoms with Gasteiger partial charge in [0.05, 0.1) is 32.9 Å². The van der Waals surface area contributed by atoms with E-state index in [1.807, 2.05) is 0 Å². The van der Waals surface area contributed by atoms with Crippen molar-refractivity contribution < 1.29 is 14.6 Å². The number of esters is 1. The molecule has 0 saturated heterocycles. The number of fused-ring (bicyclic) bond motifs is 1. The number of aromatic nitrogens is 1. The van der Waals surface area contributed by atoms with Crippen LogP contribution in [0, 0.1) is 0 Å². The Labute approximate surface area is 200 Å². The van der Waals surface area contributed by atoms with Gasteiger partial charge in [-0.2, -0.15) is 0 Å². The molecule has 2 heterocycles. The third-order valence-electron chi connectivity index (χ3n) is 4.97. The summed E-state index contributed by atoms with van der Waals surface area (Å²) in [5, 5.41) is 10.3. The van der Waals surface area contributed by atoms with Gasteiger partial charge in [-0.1, -0.05) is 41.1 Å². The predicted molar refractivity (Wildman–Crippen MR) is 128 cm³/mol. The van der Waals surface area contributed by atoms with Gasteiger partial charge in [0.25, 0.3) is 5.56 Å². The minimum Gasteiger partial charge on any atom is -0.507 e. The summed E-state index contributed by atoms with van der Waals surface area (Å²) < 4.78 is 7.78. The number of thiazole rings is 1. The van der Waals surface area contributed by atoms with Gasteiger partial charge in [0.2, 0.25) is 0 Å². The van der Waals surface area contributed by atoms with Crippen molar-refractivity contribution in [3.8, 4) is 5.75 Å². The average Bonchev–Trinajstić information content (AvgIpc) is 3.05. The summed E-state index contributed by atoms with van der Waals surface area (Å²) in [4.78, 5) is 31.3. The highest BCUT2D eigenvalue weighted by Gasteiger charge is 2.33. The number of phenols is 1. The summed E-state index contributed by atoms with van der Waals surface area (Å²) in [5.74, 6) is -0.397. The van der Waals surface area contributed by atoms with E-state index in [0.717, 1.165) is 11.1 Å². The summed E-state index contributed by atoms with van der Waals surface area (Å²) in [6.07, 6.45) is 1.73. The molecule has 1 aromatic heterocycles. The van der Waals surface area contributed by atoms with E-state index in [1.54, 1.807) is 62.4 Å². The van der Waals surface area contributed by atoms with Crippen molar-refractivity contribution in [3.63, 3.8) is 0 Å². The molecule has 6 nitrogen and oxygen atoms in total. The Hall–Kier alpha value is -2.68. The molecular formula is C23H18BrClN2O4S. The molecule has 2 aromatic carbocycles. The smallest absolute Gasteiger partial charge is 0.338 e. The lowest BCUT2D eigenvalue weighted by Gasteiger charge is -2.24. The number of hydrogen-bond donors (Lipinski definition) is 1. The zero-order valence-electron chi connectivity index (χ0n) is 17.1. The molecule has 3 aromatic rings. The molecule has 0 amide bonds. The second-order valence-corrected chi connectivity index (χ2v) is 9.36. The number of carbonyl (C=O) groups is 1. The first kappa shape index (κ1) is 22.5. The lowest BCUT2D eigenvalue weighted by atomic mass is 9.96. The molecule has 1 atom stereocenters. The number of phenolic OH excluding ortho intramolecular Hbond substituents is 1. The van der Waals surface area contributed by atoms with Gasteiger partial charge in [-0.05, 0) is 71.2 Å². The quantitative estimate of drug-likeness (QED) is 0.516. The fourth-order valence-corrected chi connectivity index (χ4v) is 5.09. The highest BCUT2D eigenvalue weighted by atomic mass is 79.9. The Balaban J connectivity index is 1.95. The molecule has 0 fully saturated rings. The first-order valence-electron chi connectivity index (χ1n) is 9.73. The van der Waals surface area contributed by atoms with Crippen LogP contribution in [0.4, 0.5) is 0 Å². The van der Waals surface area contributed by atoms with Crippen molar-refractivity contribution in [1.29, 1.82) is 0 Å². The van der Waals surface area contributed by atoms with Crippen LogP contribution in [-0.4, -0.2) is 22.2 Å². The van der Waals surface area contributed by atoms with Gasteiger partial charge >= 0.3 is 5.97 Å². The van der Waals surface area contributed by atoms with Crippen LogP contribution in [0.3, 0.4) is 0 Å². The summed E-state index contributed by atoms with van der Waals surface area (Å²) in [7, 11) is 0. The van der Waals surface area contributed by atoms with Crippen molar-refractivity contribution in [2.24, 2.45) is 4.99 Å². The van der Waals surface area contributed by atoms with Crippen LogP contribution in [0.15, 0.2) is 68.0 Å². The maximum Gasteiger partial charge on any atom is 0.338 e. The number of carbonyl (C=O) groups excluding carboxylic acids is 1. The third-order valence-corrected chi connectivity index (χ3v) is 6.84. The maximum atomic E-state index is 13.5. The molecule has 0 radical (unpaired) electrons. The second kappa shape index (κ2) is 9.05. The first-order valence-corrected chi connectivity index (χ1v) is 11.7. The maximum absolute atomic E-state index is 13.5. The number of allylic oxidation sites excluding steroid dienone is 1. The molecule has 0 saturated carbocycles. The number of aromatic hydroxyl groups is 1. The van der Waals surface area contributed by atoms with Gasteiger partial charge < -0.3 is 9.84 Å². The number of rotatable bonds is 4. The molecule has 0 bridgehead atoms. The Morgan fingerprint density at radius 1 is 1.31 bits per heavy atom. The highest BCUT2D eigenvalue weighted by molar-refractivity contribution is 9.10. The molecule has 0 unspecified atom stereocenters. The topological polar surface area (TPSA) is 80.9 Å². The minimum absolute atomic E-state index is 0.112. The van der Waals surface area contributed by atoms with Gasteiger partial charge in [-0.15, -0.1) is 0 Å². The van der Waals surface area contributed by atoms with E-state index in [1.165, 1.54) is 15.9 Å². The van der Waals surface area contributed by atoms with E-state index in [9.17, 15) is 14.7 Å². The molecule has 4 rings (SSSR count). The number of nitrogens with zero attached hydrogens (tertiary/aromatic N) is 2. The van der Waals surface area contributed by atoms with Crippen LogP contribution in [0.2, 0.25) is 5.02 Å². The van der Waals surface area contributed by atoms with Gasteiger partial charge in [0.15, 0.2) is 4.80 Å². The molecule has 9 heteroatoms. The summed E-state index contributed by atoms with van der Waals surface area (Å²) >= 11 is 10.6. The molecule has 164 valence electrons. The zero-order chi connectivity index (χ0) is 23.0. The van der Waals surface area contributed by atoms with Crippen molar-refractivity contribution in [2.45, 2.75) is 19.9 Å². The van der Waals surface area contributed by atoms with E-state index in [0.29, 0.717) is 30.1 Å². The molecule has 1 aliphatic heterocycles. The monoisotopic (exact) mass is 532 g/mol. The van der Waals surface area contributed by atoms with Crippen molar-refractivity contribution in [3.05, 3.63) is 94.0 Å². The molecular weight excluding hydrogens is 516 g/mol. The molecule has 0 aliphatic carbocycles. The highest BCUT2D eigenvalue weighted by Crippen LogP contribution is 2.31. The van der Waals surface area contributed by atoms with Crippen LogP contribution in [0.1, 0.15) is 31.0 Å². The van der Waals surface area contributed by atoms with E-state index in [-0.39, 0.29) is 17.9 Å². The van der Waals surface area contributed by atoms with Crippen molar-refractivity contribution >= 4 is 50.9 Å². The number of ether oxygens (including phenoxy) is 1. The van der Waals surface area contributed by atoms with Crippen LogP contribution in [0.25, 0.3) is 6.08 Å². The summed E-state index contributed by atoms with van der Waals surface area (Å²) in [6.45, 7) is 3.68. The van der Waals surface area contributed by atoms with Gasteiger partial charge in [0.1, 0.15) is 5.75 Å². The van der Waals surface area contributed by atoms with Crippen LogP contribution in [0.5, 0.6) is 5.75 Å². The SMILES string of the molecule is CCOC(=O)C1=C(C)N=c2s/c(=C\c3ccc(O)c(Br)c3)c(=O)n2[C@H]1c1ccc(Cl)cc1. The average molecular weight is 534 g/mol. The lowest BCUT2D eigenvalue weighted by Crippen LogP contribution is -2.39. The van der Waals surface area contributed by atoms with E-state index in [4.69, 9.17) is 16.3 Å². The van der Waals surface area contributed by atoms with Gasteiger partial charge in [-0.25, -0.2) is 9.79 Å². The van der Waals surface area contributed by atoms with Crippen LogP contribution in [-0.2, 0) is 9.53 Å². The number of halogens is 2. The standard InChI is InChI=1S/C23H18BrClN2O4S/c1-3-31-22(30)19-12(2)26-23-27(20(19)14-5-7-15(25)8-6-14)21(29)18(32-23)11-13-4-9-17(28)16(24)10-13/h4-11,20,28H,3H2,1-2H3/b18-11-/t20-/m0/s1. The number of hydrogen-bond acceptors (Lipinski definition) is 6. The fourth-order valence-electron chi connectivity index (χ4n) is 3.52. The minimum atomic E-state index is -0.684. The zero-order valence-corrected chi connectivity index (χ0v) is 20.3. The second-order valence-electron chi connectivity index (χ2n) is 7.06. The van der Waals surface area contributed by atoms with Gasteiger partial charge in [0, 0.05) is 5.02 Å². The summed E-state index contributed by atoms with van der Waals surface area (Å²) in [5.41, 5.74) is 2.02. The van der Waals surface area contributed by atoms with E-state index < -0.39 is 12.0 Å². The molecule has 1 aliphatic rings. The molecule has 1 N–H and O–H groups in total. The summed E-state index contributed by atoms with van der Waals surface area (Å²) in [6, 6.07) is 11.3. The Morgan fingerprint density at radius 2 is 2.03 bits per heavy atom. The largest absolute Gasteiger partial charge is 0.507 e. The first-order chi connectivity index (χ1) is 15.3.